The zero-order valence-electron chi connectivity index (χ0n) is 14.1. The van der Waals surface area contributed by atoms with Crippen molar-refractivity contribution in [3.8, 4) is 5.75 Å². The number of carbonyl (C=O) groups is 1. The minimum Gasteiger partial charge on any atom is -0.497 e. The number of aromatic nitrogens is 2. The Balaban J connectivity index is 1.75. The average molecular weight is 349 g/mol. The van der Waals surface area contributed by atoms with E-state index < -0.39 is 0 Å². The third-order valence-corrected chi connectivity index (χ3v) is 4.21. The Kier molecular flexibility index (Phi) is 7.61. The van der Waals surface area contributed by atoms with Crippen molar-refractivity contribution in [2.24, 2.45) is 0 Å². The molecule has 2 aromatic rings. The molecule has 0 aliphatic rings. The van der Waals surface area contributed by atoms with E-state index in [9.17, 15) is 4.79 Å². The molecule has 1 aromatic heterocycles. The molecule has 130 valence electrons. The molecule has 0 bridgehead atoms. The minimum absolute atomic E-state index is 0.00833. The lowest BCUT2D eigenvalue weighted by Gasteiger charge is -2.02. The van der Waals surface area contributed by atoms with Crippen molar-refractivity contribution in [2.45, 2.75) is 37.8 Å². The number of thioether (sulfide) groups is 1. The highest BCUT2D eigenvalue weighted by Crippen LogP contribution is 2.18. The number of amides is 1. The monoisotopic (exact) mass is 349 g/mol. The first-order valence-electron chi connectivity index (χ1n) is 8.06. The molecule has 7 heteroatoms. The summed E-state index contributed by atoms with van der Waals surface area (Å²) in [4.78, 5) is 11.7. The summed E-state index contributed by atoms with van der Waals surface area (Å²) in [6, 6.07) is 7.70. The van der Waals surface area contributed by atoms with E-state index in [2.05, 4.69) is 22.4 Å². The smallest absolute Gasteiger partial charge is 0.277 e. The molecule has 1 amide bonds. The fraction of sp³-hybridized carbons (Fsp3) is 0.471. The van der Waals surface area contributed by atoms with Crippen LogP contribution >= 0.6 is 11.8 Å². The molecule has 6 nitrogen and oxygen atoms in total. The van der Waals surface area contributed by atoms with Crippen molar-refractivity contribution >= 4 is 17.7 Å². The Bertz CT molecular complexity index is 628. The molecule has 24 heavy (non-hydrogen) atoms. The van der Waals surface area contributed by atoms with Crippen molar-refractivity contribution in [1.29, 1.82) is 0 Å². The lowest BCUT2D eigenvalue weighted by atomic mass is 10.1. The summed E-state index contributed by atoms with van der Waals surface area (Å²) < 4.78 is 10.7. The first kappa shape index (κ1) is 18.3. The van der Waals surface area contributed by atoms with Gasteiger partial charge in [-0.25, -0.2) is 0 Å². The first-order valence-corrected chi connectivity index (χ1v) is 9.04. The maximum absolute atomic E-state index is 11.7. The molecule has 0 fully saturated rings. The van der Waals surface area contributed by atoms with E-state index in [1.54, 1.807) is 7.11 Å². The molecule has 0 atom stereocenters. The number of hydrogen-bond acceptors (Lipinski definition) is 6. The molecular formula is C17H23N3O3S. The molecular weight excluding hydrogens is 326 g/mol. The van der Waals surface area contributed by atoms with Gasteiger partial charge in [-0.3, -0.25) is 4.79 Å². The standard InChI is InChI=1S/C17H23N3O3S/c1-3-4-5-10-18-15(21)12-24-17-20-19-16(23-17)11-13-6-8-14(22-2)9-7-13/h6-9H,3-5,10-12H2,1-2H3,(H,18,21). The Hall–Kier alpha value is -2.02. The molecule has 0 spiro atoms. The number of hydrogen-bond donors (Lipinski definition) is 1. The van der Waals surface area contributed by atoms with Crippen LogP contribution in [0.15, 0.2) is 33.9 Å². The topological polar surface area (TPSA) is 77.2 Å². The van der Waals surface area contributed by atoms with Gasteiger partial charge in [-0.2, -0.15) is 0 Å². The van der Waals surface area contributed by atoms with Crippen LogP contribution in [0.25, 0.3) is 0 Å². The Labute approximate surface area is 146 Å². The molecule has 0 saturated carbocycles. The highest BCUT2D eigenvalue weighted by atomic mass is 32.2. The fourth-order valence-corrected chi connectivity index (χ4v) is 2.68. The lowest BCUT2D eigenvalue weighted by molar-refractivity contribution is -0.118. The molecule has 1 N–H and O–H groups in total. The molecule has 0 saturated heterocycles. The van der Waals surface area contributed by atoms with Gasteiger partial charge in [0.25, 0.3) is 5.22 Å². The van der Waals surface area contributed by atoms with Gasteiger partial charge < -0.3 is 14.5 Å². The van der Waals surface area contributed by atoms with E-state index in [-0.39, 0.29) is 11.7 Å². The second-order valence-corrected chi connectivity index (χ2v) is 6.26. The molecule has 0 radical (unpaired) electrons. The second kappa shape index (κ2) is 9.97. The van der Waals surface area contributed by atoms with Gasteiger partial charge in [0.05, 0.1) is 19.3 Å². The van der Waals surface area contributed by atoms with Crippen LogP contribution in [0, 0.1) is 0 Å². The number of carbonyl (C=O) groups excluding carboxylic acids is 1. The van der Waals surface area contributed by atoms with Crippen LogP contribution < -0.4 is 10.1 Å². The maximum atomic E-state index is 11.7. The van der Waals surface area contributed by atoms with Gasteiger partial charge in [0.15, 0.2) is 0 Å². The number of benzene rings is 1. The molecule has 1 heterocycles. The molecule has 0 aliphatic heterocycles. The van der Waals surface area contributed by atoms with E-state index in [0.717, 1.165) is 37.1 Å². The van der Waals surface area contributed by atoms with Crippen molar-refractivity contribution < 1.29 is 13.9 Å². The van der Waals surface area contributed by atoms with E-state index >= 15 is 0 Å². The first-order chi connectivity index (χ1) is 11.7. The largest absolute Gasteiger partial charge is 0.497 e. The summed E-state index contributed by atoms with van der Waals surface area (Å²) in [5, 5.41) is 11.3. The van der Waals surface area contributed by atoms with Crippen LogP contribution in [-0.4, -0.2) is 35.5 Å². The summed E-state index contributed by atoms with van der Waals surface area (Å²) in [6.45, 7) is 2.86. The van der Waals surface area contributed by atoms with Crippen LogP contribution in [0.1, 0.15) is 37.6 Å². The highest BCUT2D eigenvalue weighted by molar-refractivity contribution is 7.99. The zero-order valence-corrected chi connectivity index (χ0v) is 14.9. The van der Waals surface area contributed by atoms with Gasteiger partial charge in [0, 0.05) is 6.54 Å². The predicted molar refractivity (Wildman–Crippen MR) is 93.4 cm³/mol. The number of methoxy groups -OCH3 is 1. The van der Waals surface area contributed by atoms with Gasteiger partial charge in [0.2, 0.25) is 11.8 Å². The summed E-state index contributed by atoms with van der Waals surface area (Å²) in [5.74, 6) is 1.62. The summed E-state index contributed by atoms with van der Waals surface area (Å²) in [6.07, 6.45) is 3.84. The van der Waals surface area contributed by atoms with E-state index in [1.807, 2.05) is 24.3 Å². The number of nitrogens with zero attached hydrogens (tertiary/aromatic N) is 2. The third kappa shape index (κ3) is 6.23. The van der Waals surface area contributed by atoms with Gasteiger partial charge >= 0.3 is 0 Å². The average Bonchev–Trinajstić information content (AvgIpc) is 3.05. The van der Waals surface area contributed by atoms with Gasteiger partial charge in [-0.05, 0) is 24.1 Å². The SMILES string of the molecule is CCCCCNC(=O)CSc1nnc(Cc2ccc(OC)cc2)o1. The second-order valence-electron chi connectivity index (χ2n) is 5.33. The quantitative estimate of drug-likeness (QED) is 0.525. The number of ether oxygens (including phenoxy) is 1. The summed E-state index contributed by atoms with van der Waals surface area (Å²) >= 11 is 1.26. The van der Waals surface area contributed by atoms with Gasteiger partial charge in [-0.15, -0.1) is 10.2 Å². The number of rotatable bonds is 10. The van der Waals surface area contributed by atoms with Crippen LogP contribution in [0.2, 0.25) is 0 Å². The van der Waals surface area contributed by atoms with E-state index in [4.69, 9.17) is 9.15 Å². The minimum atomic E-state index is -0.00833. The predicted octanol–water partition coefficient (Wildman–Crippen LogP) is 3.07. The van der Waals surface area contributed by atoms with Crippen LogP contribution in [-0.2, 0) is 11.2 Å². The zero-order chi connectivity index (χ0) is 17.2. The fourth-order valence-electron chi connectivity index (χ4n) is 2.07. The number of unbranched alkanes of at least 4 members (excludes halogenated alkanes) is 2. The highest BCUT2D eigenvalue weighted by Gasteiger charge is 2.10. The van der Waals surface area contributed by atoms with Crippen LogP contribution in [0.5, 0.6) is 5.75 Å². The lowest BCUT2D eigenvalue weighted by Crippen LogP contribution is -2.26. The Morgan fingerprint density at radius 2 is 2.04 bits per heavy atom. The molecule has 2 rings (SSSR count). The third-order valence-electron chi connectivity index (χ3n) is 3.39. The van der Waals surface area contributed by atoms with Crippen LogP contribution in [0.4, 0.5) is 0 Å². The number of nitrogens with one attached hydrogen (secondary N) is 1. The van der Waals surface area contributed by atoms with Crippen molar-refractivity contribution in [2.75, 3.05) is 19.4 Å². The van der Waals surface area contributed by atoms with Crippen molar-refractivity contribution in [3.63, 3.8) is 0 Å². The van der Waals surface area contributed by atoms with Gasteiger partial charge in [-0.1, -0.05) is 43.7 Å². The van der Waals surface area contributed by atoms with E-state index in [0.29, 0.717) is 17.5 Å². The Morgan fingerprint density at radius 3 is 2.75 bits per heavy atom. The summed E-state index contributed by atoms with van der Waals surface area (Å²) in [5.41, 5.74) is 1.06. The molecule has 0 unspecified atom stereocenters. The van der Waals surface area contributed by atoms with E-state index in [1.165, 1.54) is 11.8 Å². The van der Waals surface area contributed by atoms with Crippen molar-refractivity contribution in [3.05, 3.63) is 35.7 Å². The Morgan fingerprint density at radius 1 is 1.25 bits per heavy atom. The van der Waals surface area contributed by atoms with Crippen LogP contribution in [0.3, 0.4) is 0 Å². The molecule has 1 aromatic carbocycles. The normalized spacial score (nSPS) is 10.6. The summed E-state index contributed by atoms with van der Waals surface area (Å²) in [7, 11) is 1.64. The van der Waals surface area contributed by atoms with Crippen molar-refractivity contribution in [1.82, 2.24) is 15.5 Å². The molecule has 0 aliphatic carbocycles. The van der Waals surface area contributed by atoms with Gasteiger partial charge in [0.1, 0.15) is 5.75 Å². The maximum Gasteiger partial charge on any atom is 0.277 e.